The molecule has 98 valence electrons. The van der Waals surface area contributed by atoms with Crippen LogP contribution in [0.25, 0.3) is 10.9 Å². The molecular weight excluding hydrogens is 361 g/mol. The number of nitrogens with zero attached hydrogens (tertiary/aromatic N) is 1. The third-order valence-corrected chi connectivity index (χ3v) is 4.21. The number of Topliss-reactive ketones (excluding diaryl/α,β-unsaturated/α-hetero) is 1. The average molecular weight is 373 g/mol. The summed E-state index contributed by atoms with van der Waals surface area (Å²) >= 11 is 2.20. The first-order valence-corrected chi connectivity index (χ1v) is 7.44. The van der Waals surface area contributed by atoms with Crippen molar-refractivity contribution < 1.29 is 4.79 Å². The molecule has 0 spiro atoms. The van der Waals surface area contributed by atoms with Gasteiger partial charge in [-0.25, -0.2) is 0 Å². The zero-order valence-corrected chi connectivity index (χ0v) is 12.9. The molecule has 0 radical (unpaired) electrons. The van der Waals surface area contributed by atoms with E-state index in [0.717, 1.165) is 25.6 Å². The Labute approximate surface area is 131 Å². The van der Waals surface area contributed by atoms with Crippen LogP contribution in [0.3, 0.4) is 0 Å². The Morgan fingerprint density at radius 2 is 1.75 bits per heavy atom. The zero-order chi connectivity index (χ0) is 13.9. The fourth-order valence-corrected chi connectivity index (χ4v) is 2.95. The largest absolute Gasteiger partial charge is 0.294 e. The Balaban J connectivity index is 1.98. The highest BCUT2D eigenvalue weighted by atomic mass is 127. The molecule has 0 atom stereocenters. The number of hydrogen-bond acceptors (Lipinski definition) is 2. The molecule has 0 aliphatic rings. The molecule has 0 fully saturated rings. The van der Waals surface area contributed by atoms with Gasteiger partial charge < -0.3 is 0 Å². The fraction of sp³-hybridized carbons (Fsp3) is 0.0588. The van der Waals surface area contributed by atoms with Crippen LogP contribution >= 0.6 is 22.6 Å². The number of para-hydroxylation sites is 1. The molecule has 3 aromatic rings. The second kappa shape index (κ2) is 5.71. The van der Waals surface area contributed by atoms with Crippen LogP contribution in [0.15, 0.2) is 60.8 Å². The van der Waals surface area contributed by atoms with E-state index in [9.17, 15) is 4.79 Å². The lowest BCUT2D eigenvalue weighted by Gasteiger charge is -2.06. The number of fused-ring (bicyclic) bond motifs is 1. The lowest BCUT2D eigenvalue weighted by atomic mass is 10.0. The minimum Gasteiger partial charge on any atom is -0.294 e. The number of hydrogen-bond donors (Lipinski definition) is 0. The van der Waals surface area contributed by atoms with Crippen molar-refractivity contribution in [3.05, 3.63) is 75.5 Å². The molecule has 1 aromatic heterocycles. The van der Waals surface area contributed by atoms with Crippen molar-refractivity contribution in [2.24, 2.45) is 0 Å². The fourth-order valence-electron chi connectivity index (χ4n) is 2.26. The maximum atomic E-state index is 12.5. The number of carbonyl (C=O) groups is 1. The summed E-state index contributed by atoms with van der Waals surface area (Å²) in [7, 11) is 0. The van der Waals surface area contributed by atoms with Crippen LogP contribution < -0.4 is 0 Å². The minimum absolute atomic E-state index is 0.145. The van der Waals surface area contributed by atoms with E-state index in [0.29, 0.717) is 6.42 Å². The van der Waals surface area contributed by atoms with Crippen LogP contribution in [0.4, 0.5) is 0 Å². The SMILES string of the molecule is O=C(Cc1ccnc2ccccc12)c1ccccc1I. The molecule has 0 unspecified atom stereocenters. The van der Waals surface area contributed by atoms with Gasteiger partial charge in [-0.15, -0.1) is 0 Å². The van der Waals surface area contributed by atoms with E-state index in [1.54, 1.807) is 6.20 Å². The van der Waals surface area contributed by atoms with Gasteiger partial charge in [-0.05, 0) is 46.4 Å². The Kier molecular flexibility index (Phi) is 3.78. The highest BCUT2D eigenvalue weighted by Crippen LogP contribution is 2.20. The molecule has 20 heavy (non-hydrogen) atoms. The molecule has 0 amide bonds. The number of pyridine rings is 1. The Bertz CT molecular complexity index is 777. The van der Waals surface area contributed by atoms with E-state index in [1.165, 1.54) is 0 Å². The van der Waals surface area contributed by atoms with Gasteiger partial charge in [-0.1, -0.05) is 36.4 Å². The number of halogens is 1. The van der Waals surface area contributed by atoms with Gasteiger partial charge >= 0.3 is 0 Å². The second-order valence-corrected chi connectivity index (χ2v) is 5.73. The van der Waals surface area contributed by atoms with Gasteiger partial charge in [0.2, 0.25) is 0 Å². The maximum Gasteiger partial charge on any atom is 0.168 e. The first kappa shape index (κ1) is 13.2. The lowest BCUT2D eigenvalue weighted by Crippen LogP contribution is -2.06. The van der Waals surface area contributed by atoms with Gasteiger partial charge in [-0.3, -0.25) is 9.78 Å². The zero-order valence-electron chi connectivity index (χ0n) is 10.7. The molecule has 0 bridgehead atoms. The number of benzene rings is 2. The van der Waals surface area contributed by atoms with E-state index < -0.39 is 0 Å². The van der Waals surface area contributed by atoms with E-state index in [1.807, 2.05) is 54.6 Å². The predicted octanol–water partition coefficient (Wildman–Crippen LogP) is 4.26. The molecule has 2 aromatic carbocycles. The molecule has 3 heteroatoms. The molecule has 3 rings (SSSR count). The predicted molar refractivity (Wildman–Crippen MR) is 88.9 cm³/mol. The molecule has 0 aliphatic heterocycles. The first-order chi connectivity index (χ1) is 9.75. The van der Waals surface area contributed by atoms with Crippen molar-refractivity contribution in [1.29, 1.82) is 0 Å². The first-order valence-electron chi connectivity index (χ1n) is 6.36. The van der Waals surface area contributed by atoms with Crippen molar-refractivity contribution in [2.75, 3.05) is 0 Å². The quantitative estimate of drug-likeness (QED) is 0.507. The van der Waals surface area contributed by atoms with Crippen LogP contribution in [-0.4, -0.2) is 10.8 Å². The number of ketones is 1. The van der Waals surface area contributed by atoms with E-state index in [4.69, 9.17) is 0 Å². The van der Waals surface area contributed by atoms with Crippen LogP contribution in [0.5, 0.6) is 0 Å². The van der Waals surface area contributed by atoms with Crippen molar-refractivity contribution in [3.63, 3.8) is 0 Å². The maximum absolute atomic E-state index is 12.5. The summed E-state index contributed by atoms with van der Waals surface area (Å²) < 4.78 is 0.994. The summed E-state index contributed by atoms with van der Waals surface area (Å²) in [6.07, 6.45) is 2.17. The van der Waals surface area contributed by atoms with E-state index >= 15 is 0 Å². The number of carbonyl (C=O) groups excluding carboxylic acids is 1. The van der Waals surface area contributed by atoms with E-state index in [-0.39, 0.29) is 5.78 Å². The van der Waals surface area contributed by atoms with Gasteiger partial charge in [0.1, 0.15) is 0 Å². The summed E-state index contributed by atoms with van der Waals surface area (Å²) in [4.78, 5) is 16.8. The molecule has 0 saturated heterocycles. The monoisotopic (exact) mass is 373 g/mol. The Morgan fingerprint density at radius 3 is 2.60 bits per heavy atom. The van der Waals surface area contributed by atoms with Crippen molar-refractivity contribution in [3.8, 4) is 0 Å². The Morgan fingerprint density at radius 1 is 1.00 bits per heavy atom. The third-order valence-electron chi connectivity index (χ3n) is 3.26. The Hall–Kier alpha value is -1.75. The van der Waals surface area contributed by atoms with Gasteiger partial charge in [-0.2, -0.15) is 0 Å². The minimum atomic E-state index is 0.145. The highest BCUT2D eigenvalue weighted by molar-refractivity contribution is 14.1. The van der Waals surface area contributed by atoms with Gasteiger partial charge in [0, 0.05) is 27.1 Å². The van der Waals surface area contributed by atoms with Crippen LogP contribution in [0.2, 0.25) is 0 Å². The molecule has 0 N–H and O–H groups in total. The third kappa shape index (κ3) is 2.58. The summed E-state index contributed by atoms with van der Waals surface area (Å²) in [5.74, 6) is 0.145. The average Bonchev–Trinajstić information content (AvgIpc) is 2.48. The standard InChI is InChI=1S/C17H12INO/c18-15-7-3-1-6-14(15)17(20)11-12-9-10-19-16-8-4-2-5-13(12)16/h1-10H,11H2. The smallest absolute Gasteiger partial charge is 0.168 e. The summed E-state index contributed by atoms with van der Waals surface area (Å²) in [5.41, 5.74) is 2.75. The van der Waals surface area contributed by atoms with Gasteiger partial charge in [0.05, 0.1) is 5.52 Å². The molecule has 1 heterocycles. The normalized spacial score (nSPS) is 10.7. The van der Waals surface area contributed by atoms with Crippen molar-refractivity contribution in [1.82, 2.24) is 4.98 Å². The van der Waals surface area contributed by atoms with Crippen LogP contribution in [0, 0.1) is 3.57 Å². The van der Waals surface area contributed by atoms with Crippen LogP contribution in [0.1, 0.15) is 15.9 Å². The number of rotatable bonds is 3. The summed E-state index contributed by atoms with van der Waals surface area (Å²) in [6.45, 7) is 0. The van der Waals surface area contributed by atoms with Crippen molar-refractivity contribution in [2.45, 2.75) is 6.42 Å². The van der Waals surface area contributed by atoms with Gasteiger partial charge in [0.25, 0.3) is 0 Å². The molecular formula is C17H12INO. The molecule has 0 saturated carbocycles. The highest BCUT2D eigenvalue weighted by Gasteiger charge is 2.12. The summed E-state index contributed by atoms with van der Waals surface area (Å²) in [6, 6.07) is 17.5. The molecule has 2 nitrogen and oxygen atoms in total. The van der Waals surface area contributed by atoms with Crippen molar-refractivity contribution >= 4 is 39.3 Å². The number of aromatic nitrogens is 1. The van der Waals surface area contributed by atoms with Crippen LogP contribution in [-0.2, 0) is 6.42 Å². The molecule has 0 aliphatic carbocycles. The van der Waals surface area contributed by atoms with E-state index in [2.05, 4.69) is 27.6 Å². The topological polar surface area (TPSA) is 30.0 Å². The van der Waals surface area contributed by atoms with Gasteiger partial charge in [0.15, 0.2) is 5.78 Å². The summed E-state index contributed by atoms with van der Waals surface area (Å²) in [5, 5.41) is 1.05. The lowest BCUT2D eigenvalue weighted by molar-refractivity contribution is 0.0992. The second-order valence-electron chi connectivity index (χ2n) is 4.57.